The van der Waals surface area contributed by atoms with Crippen molar-refractivity contribution in [1.29, 1.82) is 0 Å². The minimum atomic E-state index is 0.360. The Hall–Kier alpha value is -1.45. The van der Waals surface area contributed by atoms with E-state index in [9.17, 15) is 0 Å². The molecule has 2 rings (SSSR count). The van der Waals surface area contributed by atoms with Crippen LogP contribution in [0.5, 0.6) is 0 Å². The molecule has 0 aliphatic carbocycles. The van der Waals surface area contributed by atoms with Gasteiger partial charge in [-0.2, -0.15) is 5.10 Å². The first-order valence-corrected chi connectivity index (χ1v) is 4.33. The predicted octanol–water partition coefficient (Wildman–Crippen LogP) is 1.49. The third kappa shape index (κ3) is 1.28. The van der Waals surface area contributed by atoms with Crippen LogP contribution in [-0.2, 0) is 7.05 Å². The SMILES string of the molecule is CC(C)c1ncc2cnn(C)c2n1. The van der Waals surface area contributed by atoms with Crippen molar-refractivity contribution in [2.45, 2.75) is 19.8 Å². The fraction of sp³-hybridized carbons (Fsp3) is 0.444. The largest absolute Gasteiger partial charge is 0.250 e. The summed E-state index contributed by atoms with van der Waals surface area (Å²) in [6, 6.07) is 0. The lowest BCUT2D eigenvalue weighted by Crippen LogP contribution is -1.99. The molecule has 2 aromatic rings. The summed E-state index contributed by atoms with van der Waals surface area (Å²) in [7, 11) is 1.89. The fourth-order valence-electron chi connectivity index (χ4n) is 1.23. The maximum Gasteiger partial charge on any atom is 0.161 e. The van der Waals surface area contributed by atoms with Crippen molar-refractivity contribution in [3.05, 3.63) is 18.2 Å². The van der Waals surface area contributed by atoms with Crippen LogP contribution in [0.15, 0.2) is 12.4 Å². The zero-order chi connectivity index (χ0) is 9.42. The molecule has 0 saturated carbocycles. The monoisotopic (exact) mass is 176 g/mol. The lowest BCUT2D eigenvalue weighted by atomic mass is 10.2. The molecular formula is C9H12N4. The van der Waals surface area contributed by atoms with Gasteiger partial charge < -0.3 is 0 Å². The van der Waals surface area contributed by atoms with Gasteiger partial charge in [-0.1, -0.05) is 13.8 Å². The van der Waals surface area contributed by atoms with Crippen molar-refractivity contribution >= 4 is 11.0 Å². The van der Waals surface area contributed by atoms with Crippen LogP contribution >= 0.6 is 0 Å². The molecule has 0 aromatic carbocycles. The first kappa shape index (κ1) is 8.16. The lowest BCUT2D eigenvalue weighted by molar-refractivity contribution is 0.751. The molecule has 0 N–H and O–H groups in total. The molecule has 0 aliphatic rings. The maximum absolute atomic E-state index is 4.42. The Kier molecular flexibility index (Phi) is 1.76. The quantitative estimate of drug-likeness (QED) is 0.661. The van der Waals surface area contributed by atoms with Gasteiger partial charge >= 0.3 is 0 Å². The molecule has 0 bridgehead atoms. The number of aromatic nitrogens is 4. The molecule has 2 aromatic heterocycles. The zero-order valence-electron chi connectivity index (χ0n) is 8.02. The van der Waals surface area contributed by atoms with Gasteiger partial charge in [-0.25, -0.2) is 9.97 Å². The van der Waals surface area contributed by atoms with Crippen LogP contribution in [0.25, 0.3) is 11.0 Å². The Morgan fingerprint density at radius 1 is 1.31 bits per heavy atom. The van der Waals surface area contributed by atoms with Gasteiger partial charge in [0.1, 0.15) is 5.82 Å². The van der Waals surface area contributed by atoms with E-state index in [0.29, 0.717) is 5.92 Å². The molecule has 0 saturated heterocycles. The van der Waals surface area contributed by atoms with Crippen molar-refractivity contribution in [1.82, 2.24) is 19.7 Å². The highest BCUT2D eigenvalue weighted by Gasteiger charge is 2.06. The Bertz CT molecular complexity index is 430. The van der Waals surface area contributed by atoms with Crippen LogP contribution in [0.3, 0.4) is 0 Å². The van der Waals surface area contributed by atoms with E-state index in [1.165, 1.54) is 0 Å². The smallest absolute Gasteiger partial charge is 0.161 e. The van der Waals surface area contributed by atoms with E-state index in [2.05, 4.69) is 28.9 Å². The summed E-state index contributed by atoms with van der Waals surface area (Å²) >= 11 is 0. The number of rotatable bonds is 1. The maximum atomic E-state index is 4.42. The first-order chi connectivity index (χ1) is 6.18. The summed E-state index contributed by atoms with van der Waals surface area (Å²) in [5.41, 5.74) is 0.902. The number of fused-ring (bicyclic) bond motifs is 1. The van der Waals surface area contributed by atoms with Crippen LogP contribution in [0.1, 0.15) is 25.6 Å². The summed E-state index contributed by atoms with van der Waals surface area (Å²) in [4.78, 5) is 8.68. The summed E-state index contributed by atoms with van der Waals surface area (Å²) in [6.45, 7) is 4.16. The van der Waals surface area contributed by atoms with Crippen molar-refractivity contribution in [3.63, 3.8) is 0 Å². The van der Waals surface area contributed by atoms with Gasteiger partial charge in [-0.3, -0.25) is 4.68 Å². The van der Waals surface area contributed by atoms with E-state index in [-0.39, 0.29) is 0 Å². The molecule has 0 aliphatic heterocycles. The van der Waals surface area contributed by atoms with Crippen LogP contribution < -0.4 is 0 Å². The number of hydrogen-bond donors (Lipinski definition) is 0. The molecule has 0 amide bonds. The molecule has 13 heavy (non-hydrogen) atoms. The second-order valence-electron chi connectivity index (χ2n) is 3.43. The van der Waals surface area contributed by atoms with E-state index >= 15 is 0 Å². The summed E-state index contributed by atoms with van der Waals surface area (Å²) < 4.78 is 1.77. The summed E-state index contributed by atoms with van der Waals surface area (Å²) in [5.74, 6) is 1.23. The van der Waals surface area contributed by atoms with Crippen molar-refractivity contribution in [2.75, 3.05) is 0 Å². The number of hydrogen-bond acceptors (Lipinski definition) is 3. The minimum absolute atomic E-state index is 0.360. The van der Waals surface area contributed by atoms with E-state index in [1.54, 1.807) is 10.9 Å². The highest BCUT2D eigenvalue weighted by atomic mass is 15.3. The number of aryl methyl sites for hydroxylation is 1. The molecule has 0 fully saturated rings. The summed E-state index contributed by atoms with van der Waals surface area (Å²) in [5, 5.41) is 5.10. The van der Waals surface area contributed by atoms with Gasteiger partial charge in [0, 0.05) is 19.2 Å². The van der Waals surface area contributed by atoms with Gasteiger partial charge in [0.05, 0.1) is 11.6 Å². The third-order valence-electron chi connectivity index (χ3n) is 2.01. The normalized spacial score (nSPS) is 11.4. The predicted molar refractivity (Wildman–Crippen MR) is 50.4 cm³/mol. The Balaban J connectivity index is 2.66. The highest BCUT2D eigenvalue weighted by Crippen LogP contribution is 2.13. The van der Waals surface area contributed by atoms with Crippen LogP contribution in [-0.4, -0.2) is 19.7 Å². The zero-order valence-corrected chi connectivity index (χ0v) is 8.02. The molecule has 4 heteroatoms. The molecule has 4 nitrogen and oxygen atoms in total. The Morgan fingerprint density at radius 2 is 2.08 bits per heavy atom. The van der Waals surface area contributed by atoms with Crippen LogP contribution in [0, 0.1) is 0 Å². The van der Waals surface area contributed by atoms with Crippen molar-refractivity contribution in [2.24, 2.45) is 7.05 Å². The molecule has 2 heterocycles. The second kappa shape index (κ2) is 2.80. The summed E-state index contributed by atoms with van der Waals surface area (Å²) in [6.07, 6.45) is 3.60. The van der Waals surface area contributed by atoms with Crippen molar-refractivity contribution in [3.8, 4) is 0 Å². The molecule has 0 unspecified atom stereocenters. The second-order valence-corrected chi connectivity index (χ2v) is 3.43. The Labute approximate surface area is 76.6 Å². The third-order valence-corrected chi connectivity index (χ3v) is 2.01. The Morgan fingerprint density at radius 3 is 2.77 bits per heavy atom. The fourth-order valence-corrected chi connectivity index (χ4v) is 1.23. The minimum Gasteiger partial charge on any atom is -0.250 e. The highest BCUT2D eigenvalue weighted by molar-refractivity contribution is 5.73. The topological polar surface area (TPSA) is 43.6 Å². The van der Waals surface area contributed by atoms with E-state index in [1.807, 2.05) is 13.2 Å². The van der Waals surface area contributed by atoms with Gasteiger partial charge in [0.15, 0.2) is 5.65 Å². The van der Waals surface area contributed by atoms with E-state index < -0.39 is 0 Å². The first-order valence-electron chi connectivity index (χ1n) is 4.33. The number of nitrogens with zero attached hydrogens (tertiary/aromatic N) is 4. The van der Waals surface area contributed by atoms with E-state index in [0.717, 1.165) is 16.9 Å². The van der Waals surface area contributed by atoms with Crippen LogP contribution in [0.4, 0.5) is 0 Å². The van der Waals surface area contributed by atoms with E-state index in [4.69, 9.17) is 0 Å². The molecule has 0 radical (unpaired) electrons. The van der Waals surface area contributed by atoms with Crippen molar-refractivity contribution < 1.29 is 0 Å². The van der Waals surface area contributed by atoms with Gasteiger partial charge in [-0.15, -0.1) is 0 Å². The molecular weight excluding hydrogens is 164 g/mol. The van der Waals surface area contributed by atoms with Gasteiger partial charge in [-0.05, 0) is 0 Å². The van der Waals surface area contributed by atoms with Gasteiger partial charge in [0.2, 0.25) is 0 Å². The lowest BCUT2D eigenvalue weighted by Gasteiger charge is -2.02. The average molecular weight is 176 g/mol. The molecule has 0 spiro atoms. The molecule has 68 valence electrons. The average Bonchev–Trinajstić information content (AvgIpc) is 2.47. The van der Waals surface area contributed by atoms with Gasteiger partial charge in [0.25, 0.3) is 0 Å². The van der Waals surface area contributed by atoms with Crippen LogP contribution in [0.2, 0.25) is 0 Å². The standard InChI is InChI=1S/C9H12N4/c1-6(2)8-10-4-7-5-11-13(3)9(7)12-8/h4-6H,1-3H3. The molecule has 0 atom stereocenters.